The van der Waals surface area contributed by atoms with Crippen LogP contribution in [0.1, 0.15) is 5.56 Å². The van der Waals surface area contributed by atoms with Crippen LogP contribution in [0.2, 0.25) is 0 Å². The molecule has 37 heavy (non-hydrogen) atoms. The van der Waals surface area contributed by atoms with Crippen molar-refractivity contribution < 1.29 is 24.3 Å². The van der Waals surface area contributed by atoms with Gasteiger partial charge < -0.3 is 25.5 Å². The van der Waals surface area contributed by atoms with Gasteiger partial charge in [-0.1, -0.05) is 42.5 Å². The van der Waals surface area contributed by atoms with E-state index >= 15 is 0 Å². The Kier molecular flexibility index (Phi) is 9.68. The van der Waals surface area contributed by atoms with E-state index in [2.05, 4.69) is 10.6 Å². The maximum absolute atomic E-state index is 13.3. The summed E-state index contributed by atoms with van der Waals surface area (Å²) in [6, 6.07) is 22.4. The number of rotatable bonds is 10. The first-order valence-electron chi connectivity index (χ1n) is 11.4. The molecule has 0 saturated heterocycles. The van der Waals surface area contributed by atoms with Crippen LogP contribution in [0.15, 0.2) is 83.8 Å². The fourth-order valence-electron chi connectivity index (χ4n) is 3.44. The Morgan fingerprint density at radius 1 is 0.892 bits per heavy atom. The van der Waals surface area contributed by atoms with Gasteiger partial charge in [0.2, 0.25) is 11.8 Å². The number of amides is 4. The number of aryl methyl sites for hydroxylation is 1. The van der Waals surface area contributed by atoms with Crippen molar-refractivity contribution in [3.63, 3.8) is 0 Å². The van der Waals surface area contributed by atoms with E-state index in [1.807, 2.05) is 19.1 Å². The van der Waals surface area contributed by atoms with Crippen molar-refractivity contribution in [1.82, 2.24) is 5.32 Å². The molecule has 192 valence electrons. The van der Waals surface area contributed by atoms with Gasteiger partial charge in [-0.25, -0.2) is 4.79 Å². The van der Waals surface area contributed by atoms with Gasteiger partial charge in [0.25, 0.3) is 0 Å². The number of nitrogens with zero attached hydrogens (tertiary/aromatic N) is 2. The van der Waals surface area contributed by atoms with Gasteiger partial charge in [0.1, 0.15) is 6.54 Å². The number of likely N-dealkylation sites (N-methyl/N-ethyl adjacent to an activating group) is 1. The Morgan fingerprint density at radius 3 is 2.30 bits per heavy atom. The van der Waals surface area contributed by atoms with Crippen LogP contribution < -0.4 is 20.4 Å². The Bertz CT molecular complexity index is 1270. The summed E-state index contributed by atoms with van der Waals surface area (Å²) in [6.45, 7) is 1.21. The van der Waals surface area contributed by atoms with Gasteiger partial charge in [0.15, 0.2) is 0 Å². The number of aliphatic carboxylic acids is 1. The molecule has 0 heterocycles. The zero-order valence-corrected chi connectivity index (χ0v) is 21.3. The number of carboxylic acid groups (broad SMARTS) is 1. The molecule has 0 saturated carbocycles. The highest BCUT2D eigenvalue weighted by atomic mass is 32.2. The third kappa shape index (κ3) is 8.11. The van der Waals surface area contributed by atoms with Crippen LogP contribution in [-0.2, 0) is 14.4 Å². The lowest BCUT2D eigenvalue weighted by atomic mass is 10.2. The fourth-order valence-corrected chi connectivity index (χ4v) is 4.22. The van der Waals surface area contributed by atoms with Crippen LogP contribution in [0.3, 0.4) is 0 Å². The van der Waals surface area contributed by atoms with E-state index < -0.39 is 17.9 Å². The minimum absolute atomic E-state index is 0.214. The van der Waals surface area contributed by atoms with Crippen molar-refractivity contribution in [3.8, 4) is 0 Å². The molecular weight excluding hydrogens is 492 g/mol. The quantitative estimate of drug-likeness (QED) is 0.348. The Labute approximate surface area is 219 Å². The number of carbonyl (C=O) groups excluding carboxylic acids is 3. The van der Waals surface area contributed by atoms with Gasteiger partial charge in [-0.15, -0.1) is 11.8 Å². The van der Waals surface area contributed by atoms with Crippen molar-refractivity contribution in [1.29, 1.82) is 0 Å². The number of urea groups is 1. The lowest BCUT2D eigenvalue weighted by Gasteiger charge is -2.27. The number of nitrogens with one attached hydrogen (secondary N) is 2. The molecule has 0 aromatic heterocycles. The monoisotopic (exact) mass is 520 g/mol. The van der Waals surface area contributed by atoms with E-state index in [9.17, 15) is 19.2 Å². The first kappa shape index (κ1) is 27.3. The van der Waals surface area contributed by atoms with E-state index in [0.717, 1.165) is 17.3 Å². The maximum Gasteiger partial charge on any atom is 0.319 e. The number of hydrogen-bond donors (Lipinski definition) is 3. The van der Waals surface area contributed by atoms with Crippen molar-refractivity contribution in [2.24, 2.45) is 0 Å². The highest BCUT2D eigenvalue weighted by molar-refractivity contribution is 8.00. The number of carbonyl (C=O) groups is 4. The fraction of sp³-hybridized carbons (Fsp3) is 0.185. The minimum Gasteiger partial charge on any atom is -0.481 e. The number of thioether (sulfide) groups is 1. The molecule has 0 unspecified atom stereocenters. The van der Waals surface area contributed by atoms with Crippen LogP contribution >= 0.6 is 11.8 Å². The zero-order chi connectivity index (χ0) is 26.8. The summed E-state index contributed by atoms with van der Waals surface area (Å²) in [7, 11) is 1.61. The second kappa shape index (κ2) is 13.1. The standard InChI is InChI=1S/C27H28N4O5S/c1-19-9-8-10-20(15-19)29-27(36)28-16-24(32)31(17-25(33)30(2)21-11-4-3-5-12-21)22-13-6-7-14-23(22)37-18-26(34)35/h3-15H,16-18H2,1-2H3,(H,34,35)(H2,28,29,36). The molecule has 0 fully saturated rings. The highest BCUT2D eigenvalue weighted by Crippen LogP contribution is 2.30. The molecule has 0 bridgehead atoms. The molecule has 0 aliphatic carbocycles. The summed E-state index contributed by atoms with van der Waals surface area (Å²) >= 11 is 1.04. The van der Waals surface area contributed by atoms with Gasteiger partial charge in [0, 0.05) is 23.3 Å². The summed E-state index contributed by atoms with van der Waals surface area (Å²) in [5, 5.41) is 14.3. The molecule has 0 atom stereocenters. The number of para-hydroxylation sites is 2. The molecule has 0 radical (unpaired) electrons. The van der Waals surface area contributed by atoms with Crippen LogP contribution in [0.4, 0.5) is 21.9 Å². The average Bonchev–Trinajstić information content (AvgIpc) is 2.89. The number of carboxylic acids is 1. The molecule has 9 nitrogen and oxygen atoms in total. The van der Waals surface area contributed by atoms with Gasteiger partial charge in [-0.3, -0.25) is 14.4 Å². The molecule has 0 aliphatic rings. The normalized spacial score (nSPS) is 10.3. The molecule has 3 aromatic rings. The topological polar surface area (TPSA) is 119 Å². The third-order valence-electron chi connectivity index (χ3n) is 5.30. The summed E-state index contributed by atoms with van der Waals surface area (Å²) in [4.78, 5) is 53.3. The molecule has 3 rings (SSSR count). The second-order valence-corrected chi connectivity index (χ2v) is 9.11. The molecule has 0 aliphatic heterocycles. The minimum atomic E-state index is -1.01. The van der Waals surface area contributed by atoms with E-state index in [1.54, 1.807) is 73.8 Å². The highest BCUT2D eigenvalue weighted by Gasteiger charge is 2.24. The van der Waals surface area contributed by atoms with Crippen LogP contribution in [0.5, 0.6) is 0 Å². The lowest BCUT2D eigenvalue weighted by molar-refractivity contribution is -0.134. The van der Waals surface area contributed by atoms with E-state index in [0.29, 0.717) is 22.0 Å². The second-order valence-electron chi connectivity index (χ2n) is 8.10. The molecule has 10 heteroatoms. The van der Waals surface area contributed by atoms with Gasteiger partial charge in [-0.05, 0) is 48.9 Å². The third-order valence-corrected chi connectivity index (χ3v) is 6.34. The van der Waals surface area contributed by atoms with Gasteiger partial charge in [0.05, 0.1) is 18.0 Å². The van der Waals surface area contributed by atoms with Crippen LogP contribution in [0.25, 0.3) is 0 Å². The van der Waals surface area contributed by atoms with Crippen molar-refractivity contribution >= 4 is 52.6 Å². The molecular formula is C27H28N4O5S. The van der Waals surface area contributed by atoms with Gasteiger partial charge >= 0.3 is 12.0 Å². The predicted molar refractivity (Wildman–Crippen MR) is 145 cm³/mol. The Morgan fingerprint density at radius 2 is 1.59 bits per heavy atom. The van der Waals surface area contributed by atoms with E-state index in [-0.39, 0.29) is 24.7 Å². The lowest BCUT2D eigenvalue weighted by Crippen LogP contribution is -2.46. The SMILES string of the molecule is Cc1cccc(NC(=O)NCC(=O)N(CC(=O)N(C)c2ccccc2)c2ccccc2SCC(=O)O)c1. The summed E-state index contributed by atoms with van der Waals surface area (Å²) < 4.78 is 0. The molecule has 0 spiro atoms. The Balaban J connectivity index is 1.79. The molecule has 3 N–H and O–H groups in total. The first-order chi connectivity index (χ1) is 17.7. The largest absolute Gasteiger partial charge is 0.481 e. The number of hydrogen-bond acceptors (Lipinski definition) is 5. The van der Waals surface area contributed by atoms with Crippen LogP contribution in [0, 0.1) is 6.92 Å². The predicted octanol–water partition coefficient (Wildman–Crippen LogP) is 3.99. The average molecular weight is 521 g/mol. The smallest absolute Gasteiger partial charge is 0.319 e. The number of anilines is 3. The summed E-state index contributed by atoms with van der Waals surface area (Å²) in [5.74, 6) is -2.11. The summed E-state index contributed by atoms with van der Waals surface area (Å²) in [5.41, 5.74) is 2.59. The summed E-state index contributed by atoms with van der Waals surface area (Å²) in [6.07, 6.45) is 0. The van der Waals surface area contributed by atoms with E-state index in [1.165, 1.54) is 9.80 Å². The van der Waals surface area contributed by atoms with Crippen molar-refractivity contribution in [2.75, 3.05) is 41.0 Å². The molecule has 4 amide bonds. The maximum atomic E-state index is 13.3. The Hall–Kier alpha value is -4.31. The van der Waals surface area contributed by atoms with Crippen molar-refractivity contribution in [3.05, 3.63) is 84.4 Å². The number of benzene rings is 3. The van der Waals surface area contributed by atoms with Gasteiger partial charge in [-0.2, -0.15) is 0 Å². The van der Waals surface area contributed by atoms with Crippen LogP contribution in [-0.4, -0.2) is 54.8 Å². The van der Waals surface area contributed by atoms with E-state index in [4.69, 9.17) is 5.11 Å². The molecule has 3 aromatic carbocycles. The first-order valence-corrected chi connectivity index (χ1v) is 12.4. The van der Waals surface area contributed by atoms with Crippen molar-refractivity contribution in [2.45, 2.75) is 11.8 Å². The zero-order valence-electron chi connectivity index (χ0n) is 20.5.